The van der Waals surface area contributed by atoms with Gasteiger partial charge >= 0.3 is 0 Å². The van der Waals surface area contributed by atoms with Crippen molar-refractivity contribution in [3.8, 4) is 0 Å². The Bertz CT molecular complexity index is 303. The molecule has 2 N–H and O–H groups in total. The topological polar surface area (TPSA) is 43.1 Å². The molecule has 1 aromatic rings. The van der Waals surface area contributed by atoms with E-state index in [9.17, 15) is 4.79 Å². The minimum Gasteiger partial charge on any atom is -0.330 e. The van der Waals surface area contributed by atoms with Crippen molar-refractivity contribution in [3.63, 3.8) is 0 Å². The molecule has 0 aliphatic rings. The van der Waals surface area contributed by atoms with Crippen molar-refractivity contribution >= 4 is 5.78 Å². The molecular weight excluding hydrogens is 186 g/mol. The molecule has 15 heavy (non-hydrogen) atoms. The lowest BCUT2D eigenvalue weighted by atomic mass is 10.0. The number of nitrogens with two attached hydrogens (primary N) is 1. The summed E-state index contributed by atoms with van der Waals surface area (Å²) >= 11 is 0. The van der Waals surface area contributed by atoms with Gasteiger partial charge in [-0.3, -0.25) is 4.79 Å². The van der Waals surface area contributed by atoms with E-state index < -0.39 is 0 Å². The molecule has 1 rings (SSSR count). The Morgan fingerprint density at radius 3 is 2.47 bits per heavy atom. The first-order valence-corrected chi connectivity index (χ1v) is 5.60. The van der Waals surface area contributed by atoms with E-state index in [4.69, 9.17) is 5.73 Å². The standard InChI is InChI=1S/C13H19NO/c1-2-3-4-13(15)12-7-5-11(6-8-12)9-10-14/h5-8H,2-4,9-10,14H2,1H3. The molecule has 0 saturated heterocycles. The molecule has 0 amide bonds. The Balaban J connectivity index is 2.58. The zero-order valence-electron chi connectivity index (χ0n) is 9.33. The molecule has 82 valence electrons. The van der Waals surface area contributed by atoms with E-state index in [1.165, 1.54) is 5.56 Å². The van der Waals surface area contributed by atoms with Gasteiger partial charge in [-0.15, -0.1) is 0 Å². The van der Waals surface area contributed by atoms with Crippen molar-refractivity contribution in [1.82, 2.24) is 0 Å². The smallest absolute Gasteiger partial charge is 0.162 e. The third-order valence-corrected chi connectivity index (χ3v) is 2.47. The highest BCUT2D eigenvalue weighted by Crippen LogP contribution is 2.09. The van der Waals surface area contributed by atoms with Crippen LogP contribution in [0.15, 0.2) is 24.3 Å². The predicted octanol–water partition coefficient (Wildman–Crippen LogP) is 2.56. The summed E-state index contributed by atoms with van der Waals surface area (Å²) in [6.07, 6.45) is 3.58. The van der Waals surface area contributed by atoms with Gasteiger partial charge in [-0.25, -0.2) is 0 Å². The highest BCUT2D eigenvalue weighted by atomic mass is 16.1. The van der Waals surface area contributed by atoms with Crippen molar-refractivity contribution in [1.29, 1.82) is 0 Å². The van der Waals surface area contributed by atoms with Gasteiger partial charge in [0, 0.05) is 12.0 Å². The van der Waals surface area contributed by atoms with Crippen molar-refractivity contribution in [2.24, 2.45) is 5.73 Å². The van der Waals surface area contributed by atoms with Crippen LogP contribution < -0.4 is 5.73 Å². The largest absolute Gasteiger partial charge is 0.330 e. The Labute approximate surface area is 91.5 Å². The maximum atomic E-state index is 11.6. The van der Waals surface area contributed by atoms with Crippen LogP contribution in [0.4, 0.5) is 0 Å². The third kappa shape index (κ3) is 3.84. The van der Waals surface area contributed by atoms with Gasteiger partial charge in [-0.1, -0.05) is 37.6 Å². The fraction of sp³-hybridized carbons (Fsp3) is 0.462. The minimum atomic E-state index is 0.246. The SMILES string of the molecule is CCCCC(=O)c1ccc(CCN)cc1. The van der Waals surface area contributed by atoms with Crippen LogP contribution in [0, 0.1) is 0 Å². The van der Waals surface area contributed by atoms with E-state index in [1.54, 1.807) is 0 Å². The highest BCUT2D eigenvalue weighted by molar-refractivity contribution is 5.96. The van der Waals surface area contributed by atoms with Gasteiger partial charge in [0.2, 0.25) is 0 Å². The zero-order chi connectivity index (χ0) is 11.1. The lowest BCUT2D eigenvalue weighted by Crippen LogP contribution is -2.03. The molecule has 0 fully saturated rings. The van der Waals surface area contributed by atoms with E-state index in [1.807, 2.05) is 24.3 Å². The van der Waals surface area contributed by atoms with Gasteiger partial charge in [-0.2, -0.15) is 0 Å². The lowest BCUT2D eigenvalue weighted by molar-refractivity contribution is 0.0980. The summed E-state index contributed by atoms with van der Waals surface area (Å²) in [4.78, 5) is 11.6. The average Bonchev–Trinajstić information content (AvgIpc) is 2.27. The quantitative estimate of drug-likeness (QED) is 0.725. The van der Waals surface area contributed by atoms with Crippen LogP contribution in [0.25, 0.3) is 0 Å². The molecule has 0 aliphatic carbocycles. The van der Waals surface area contributed by atoms with Gasteiger partial charge < -0.3 is 5.73 Å². The highest BCUT2D eigenvalue weighted by Gasteiger charge is 2.04. The van der Waals surface area contributed by atoms with Crippen molar-refractivity contribution in [3.05, 3.63) is 35.4 Å². The molecule has 0 radical (unpaired) electrons. The molecule has 0 bridgehead atoms. The molecule has 0 aliphatic heterocycles. The molecule has 0 spiro atoms. The number of unbranched alkanes of at least 4 members (excludes halogenated alkanes) is 1. The van der Waals surface area contributed by atoms with Crippen molar-refractivity contribution < 1.29 is 4.79 Å². The van der Waals surface area contributed by atoms with Crippen LogP contribution in [0.2, 0.25) is 0 Å². The van der Waals surface area contributed by atoms with Gasteiger partial charge in [0.15, 0.2) is 5.78 Å². The first kappa shape index (κ1) is 11.9. The molecule has 0 aromatic heterocycles. The number of hydrogen-bond donors (Lipinski definition) is 1. The normalized spacial score (nSPS) is 10.3. The number of ketones is 1. The van der Waals surface area contributed by atoms with Crippen molar-refractivity contribution in [2.75, 3.05) is 6.54 Å². The molecular formula is C13H19NO. The van der Waals surface area contributed by atoms with Crippen LogP contribution in [-0.4, -0.2) is 12.3 Å². The van der Waals surface area contributed by atoms with Crippen LogP contribution in [0.1, 0.15) is 42.1 Å². The molecule has 0 atom stereocenters. The van der Waals surface area contributed by atoms with Gasteiger partial charge in [0.1, 0.15) is 0 Å². The summed E-state index contributed by atoms with van der Waals surface area (Å²) in [6, 6.07) is 7.80. The van der Waals surface area contributed by atoms with Crippen LogP contribution >= 0.6 is 0 Å². The fourth-order valence-corrected chi connectivity index (χ4v) is 1.51. The summed E-state index contributed by atoms with van der Waals surface area (Å²) in [5.41, 5.74) is 7.48. The van der Waals surface area contributed by atoms with E-state index >= 15 is 0 Å². The van der Waals surface area contributed by atoms with E-state index in [0.29, 0.717) is 13.0 Å². The van der Waals surface area contributed by atoms with Gasteiger partial charge in [-0.05, 0) is 24.9 Å². The first-order chi connectivity index (χ1) is 7.27. The second-order valence-electron chi connectivity index (χ2n) is 3.76. The summed E-state index contributed by atoms with van der Waals surface area (Å²) in [5, 5.41) is 0. The Morgan fingerprint density at radius 1 is 1.27 bits per heavy atom. The van der Waals surface area contributed by atoms with Crippen LogP contribution in [-0.2, 0) is 6.42 Å². The number of Topliss-reactive ketones (excluding diaryl/α,β-unsaturated/α-hetero) is 1. The zero-order valence-corrected chi connectivity index (χ0v) is 9.33. The second kappa shape index (κ2) is 6.36. The van der Waals surface area contributed by atoms with E-state index in [-0.39, 0.29) is 5.78 Å². The third-order valence-electron chi connectivity index (χ3n) is 2.47. The van der Waals surface area contributed by atoms with Crippen LogP contribution in [0.3, 0.4) is 0 Å². The number of carbonyl (C=O) groups is 1. The van der Waals surface area contributed by atoms with Gasteiger partial charge in [0.25, 0.3) is 0 Å². The summed E-state index contributed by atoms with van der Waals surface area (Å²) in [5.74, 6) is 0.246. The molecule has 0 saturated carbocycles. The number of carbonyl (C=O) groups excluding carboxylic acids is 1. The second-order valence-corrected chi connectivity index (χ2v) is 3.76. The number of hydrogen-bond acceptors (Lipinski definition) is 2. The van der Waals surface area contributed by atoms with Gasteiger partial charge in [0.05, 0.1) is 0 Å². The summed E-state index contributed by atoms with van der Waals surface area (Å²) < 4.78 is 0. The predicted molar refractivity (Wildman–Crippen MR) is 63.1 cm³/mol. The maximum Gasteiger partial charge on any atom is 0.162 e. The minimum absolute atomic E-state index is 0.246. The molecule has 0 unspecified atom stereocenters. The molecule has 2 nitrogen and oxygen atoms in total. The molecule has 1 aromatic carbocycles. The number of rotatable bonds is 6. The van der Waals surface area contributed by atoms with E-state index in [0.717, 1.165) is 24.8 Å². The maximum absolute atomic E-state index is 11.6. The Morgan fingerprint density at radius 2 is 1.93 bits per heavy atom. The lowest BCUT2D eigenvalue weighted by Gasteiger charge is -2.02. The van der Waals surface area contributed by atoms with Crippen molar-refractivity contribution in [2.45, 2.75) is 32.6 Å². The molecule has 2 heteroatoms. The number of benzene rings is 1. The monoisotopic (exact) mass is 205 g/mol. The first-order valence-electron chi connectivity index (χ1n) is 5.60. The fourth-order valence-electron chi connectivity index (χ4n) is 1.51. The summed E-state index contributed by atoms with van der Waals surface area (Å²) in [6.45, 7) is 2.75. The van der Waals surface area contributed by atoms with Crippen LogP contribution in [0.5, 0.6) is 0 Å². The molecule has 0 heterocycles. The Kier molecular flexibility index (Phi) is 5.05. The average molecular weight is 205 g/mol. The summed E-state index contributed by atoms with van der Waals surface area (Å²) in [7, 11) is 0. The van der Waals surface area contributed by atoms with E-state index in [2.05, 4.69) is 6.92 Å². The Hall–Kier alpha value is -1.15.